The number of nitrogens with zero attached hydrogens (tertiary/aromatic N) is 1. The van der Waals surface area contributed by atoms with Crippen molar-refractivity contribution in [1.82, 2.24) is 4.98 Å². The van der Waals surface area contributed by atoms with Crippen LogP contribution in [-0.2, 0) is 6.61 Å². The lowest BCUT2D eigenvalue weighted by Crippen LogP contribution is -1.96. The van der Waals surface area contributed by atoms with Gasteiger partial charge in [0.2, 0.25) is 0 Å². The summed E-state index contributed by atoms with van der Waals surface area (Å²) in [6.45, 7) is 4.43. The molecule has 2 nitrogen and oxygen atoms in total. The summed E-state index contributed by atoms with van der Waals surface area (Å²) in [5, 5.41) is 0. The molecule has 1 aromatic carbocycles. The highest BCUT2D eigenvalue weighted by atomic mass is 16.5. The lowest BCUT2D eigenvalue weighted by atomic mass is 10.1. The molecule has 1 fully saturated rings. The molecule has 19 heavy (non-hydrogen) atoms. The zero-order valence-electron chi connectivity index (χ0n) is 10.8. The second kappa shape index (κ2) is 5.27. The van der Waals surface area contributed by atoms with Crippen LogP contribution in [0.4, 0.5) is 0 Å². The number of benzene rings is 1. The van der Waals surface area contributed by atoms with Crippen LogP contribution in [0.25, 0.3) is 0 Å². The Kier molecular flexibility index (Phi) is 3.32. The Morgan fingerprint density at radius 1 is 1.26 bits per heavy atom. The second-order valence-electron chi connectivity index (χ2n) is 4.97. The molecule has 0 aliphatic heterocycles. The van der Waals surface area contributed by atoms with E-state index < -0.39 is 0 Å². The maximum Gasteiger partial charge on any atom is 0.138 e. The van der Waals surface area contributed by atoms with Gasteiger partial charge < -0.3 is 4.74 Å². The standard InChI is InChI=1S/C17H17NO/c1-2-14-9-17(14)15-8-16(11-18-10-15)19-12-13-6-4-3-5-7-13/h2-8,10-11,14,17H,1,9,12H2. The van der Waals surface area contributed by atoms with Crippen molar-refractivity contribution in [1.29, 1.82) is 0 Å². The molecule has 2 aromatic rings. The third kappa shape index (κ3) is 2.84. The normalized spacial score (nSPS) is 20.8. The highest BCUT2D eigenvalue weighted by molar-refractivity contribution is 5.32. The Morgan fingerprint density at radius 2 is 2.11 bits per heavy atom. The molecule has 2 atom stereocenters. The summed E-state index contributed by atoms with van der Waals surface area (Å²) in [5.41, 5.74) is 2.43. The van der Waals surface area contributed by atoms with Crippen molar-refractivity contribution in [2.45, 2.75) is 18.9 Å². The minimum atomic E-state index is 0.585. The highest BCUT2D eigenvalue weighted by Crippen LogP contribution is 2.48. The van der Waals surface area contributed by atoms with Crippen LogP contribution >= 0.6 is 0 Å². The molecule has 0 bridgehead atoms. The van der Waals surface area contributed by atoms with Crippen LogP contribution < -0.4 is 4.74 Å². The molecule has 2 unspecified atom stereocenters. The molecule has 1 saturated carbocycles. The van der Waals surface area contributed by atoms with Crippen LogP contribution in [0.1, 0.15) is 23.5 Å². The molecular weight excluding hydrogens is 234 g/mol. The fourth-order valence-electron chi connectivity index (χ4n) is 2.32. The Labute approximate surface area is 113 Å². The SMILES string of the molecule is C=CC1CC1c1cncc(OCc2ccccc2)c1. The predicted octanol–water partition coefficient (Wildman–Crippen LogP) is 3.95. The monoisotopic (exact) mass is 251 g/mol. The van der Waals surface area contributed by atoms with Crippen molar-refractivity contribution in [2.75, 3.05) is 0 Å². The van der Waals surface area contributed by atoms with E-state index in [9.17, 15) is 0 Å². The van der Waals surface area contributed by atoms with E-state index in [0.717, 1.165) is 5.75 Å². The van der Waals surface area contributed by atoms with Gasteiger partial charge in [0.1, 0.15) is 12.4 Å². The van der Waals surface area contributed by atoms with Gasteiger partial charge in [-0.05, 0) is 35.4 Å². The van der Waals surface area contributed by atoms with Gasteiger partial charge in [-0.25, -0.2) is 0 Å². The number of pyridine rings is 1. The molecular formula is C17H17NO. The van der Waals surface area contributed by atoms with Gasteiger partial charge in [-0.3, -0.25) is 4.98 Å². The molecule has 2 heteroatoms. The summed E-state index contributed by atoms with van der Waals surface area (Å²) < 4.78 is 5.79. The van der Waals surface area contributed by atoms with Crippen molar-refractivity contribution in [2.24, 2.45) is 5.92 Å². The van der Waals surface area contributed by atoms with Crippen molar-refractivity contribution in [3.8, 4) is 5.75 Å². The second-order valence-corrected chi connectivity index (χ2v) is 4.97. The third-order valence-corrected chi connectivity index (χ3v) is 3.55. The Hall–Kier alpha value is -2.09. The van der Waals surface area contributed by atoms with E-state index in [-0.39, 0.29) is 0 Å². The van der Waals surface area contributed by atoms with Crippen LogP contribution in [0.15, 0.2) is 61.4 Å². The van der Waals surface area contributed by atoms with E-state index in [1.807, 2.05) is 30.5 Å². The fourth-order valence-corrected chi connectivity index (χ4v) is 2.32. The summed E-state index contributed by atoms with van der Waals surface area (Å²) in [5.74, 6) is 2.05. The Balaban J connectivity index is 1.65. The smallest absolute Gasteiger partial charge is 0.138 e. The lowest BCUT2D eigenvalue weighted by Gasteiger charge is -2.07. The molecule has 1 aromatic heterocycles. The van der Waals surface area contributed by atoms with E-state index >= 15 is 0 Å². The Bertz CT molecular complexity index is 564. The average molecular weight is 251 g/mol. The van der Waals surface area contributed by atoms with Gasteiger partial charge in [0, 0.05) is 6.20 Å². The van der Waals surface area contributed by atoms with Gasteiger partial charge in [0.25, 0.3) is 0 Å². The van der Waals surface area contributed by atoms with Gasteiger partial charge in [0.15, 0.2) is 0 Å². The van der Waals surface area contributed by atoms with Gasteiger partial charge >= 0.3 is 0 Å². The number of hydrogen-bond acceptors (Lipinski definition) is 2. The summed E-state index contributed by atoms with van der Waals surface area (Å²) in [6.07, 6.45) is 6.93. The van der Waals surface area contributed by atoms with Crippen molar-refractivity contribution in [3.05, 3.63) is 72.6 Å². The van der Waals surface area contributed by atoms with Gasteiger partial charge in [0.05, 0.1) is 6.20 Å². The quantitative estimate of drug-likeness (QED) is 0.751. The summed E-state index contributed by atoms with van der Waals surface area (Å²) in [7, 11) is 0. The largest absolute Gasteiger partial charge is 0.487 e. The molecule has 1 heterocycles. The third-order valence-electron chi connectivity index (χ3n) is 3.55. The maximum absolute atomic E-state index is 5.79. The number of aromatic nitrogens is 1. The zero-order chi connectivity index (χ0) is 13.1. The maximum atomic E-state index is 5.79. The number of ether oxygens (including phenoxy) is 1. The van der Waals surface area contributed by atoms with Crippen LogP contribution in [0.2, 0.25) is 0 Å². The van der Waals surface area contributed by atoms with Crippen LogP contribution in [-0.4, -0.2) is 4.98 Å². The van der Waals surface area contributed by atoms with E-state index in [2.05, 4.69) is 29.8 Å². The number of hydrogen-bond donors (Lipinski definition) is 0. The first-order chi connectivity index (χ1) is 9.36. The molecule has 96 valence electrons. The van der Waals surface area contributed by atoms with Gasteiger partial charge in [-0.1, -0.05) is 36.4 Å². The lowest BCUT2D eigenvalue weighted by molar-refractivity contribution is 0.304. The average Bonchev–Trinajstić information content (AvgIpc) is 3.26. The first kappa shape index (κ1) is 12.0. The van der Waals surface area contributed by atoms with Crippen LogP contribution in [0.3, 0.4) is 0 Å². The fraction of sp³-hybridized carbons (Fsp3) is 0.235. The molecule has 0 amide bonds. The molecule has 0 N–H and O–H groups in total. The topological polar surface area (TPSA) is 22.1 Å². The highest BCUT2D eigenvalue weighted by Gasteiger charge is 2.35. The minimum absolute atomic E-state index is 0.585. The molecule has 1 aliphatic carbocycles. The molecule has 3 rings (SSSR count). The van der Waals surface area contributed by atoms with Crippen molar-refractivity contribution >= 4 is 0 Å². The minimum Gasteiger partial charge on any atom is -0.487 e. The zero-order valence-corrected chi connectivity index (χ0v) is 10.8. The van der Waals surface area contributed by atoms with Gasteiger partial charge in [-0.15, -0.1) is 6.58 Å². The summed E-state index contributed by atoms with van der Waals surface area (Å²) in [4.78, 5) is 4.27. The number of rotatable bonds is 5. The van der Waals surface area contributed by atoms with Crippen molar-refractivity contribution in [3.63, 3.8) is 0 Å². The molecule has 0 radical (unpaired) electrons. The predicted molar refractivity (Wildman–Crippen MR) is 76.1 cm³/mol. The Morgan fingerprint density at radius 3 is 2.84 bits per heavy atom. The van der Waals surface area contributed by atoms with Crippen molar-refractivity contribution < 1.29 is 4.74 Å². The van der Waals surface area contributed by atoms with Crippen LogP contribution in [0.5, 0.6) is 5.75 Å². The molecule has 0 saturated heterocycles. The molecule has 1 aliphatic rings. The first-order valence-electron chi connectivity index (χ1n) is 6.61. The van der Waals surface area contributed by atoms with E-state index in [1.54, 1.807) is 6.20 Å². The summed E-state index contributed by atoms with van der Waals surface area (Å²) in [6, 6.07) is 12.3. The van der Waals surface area contributed by atoms with Crippen LogP contribution in [0, 0.1) is 5.92 Å². The van der Waals surface area contributed by atoms with E-state index in [1.165, 1.54) is 17.5 Å². The van der Waals surface area contributed by atoms with Gasteiger partial charge in [-0.2, -0.15) is 0 Å². The number of allylic oxidation sites excluding steroid dienone is 1. The first-order valence-corrected chi connectivity index (χ1v) is 6.61. The molecule has 0 spiro atoms. The van der Waals surface area contributed by atoms with E-state index in [0.29, 0.717) is 18.4 Å². The van der Waals surface area contributed by atoms with E-state index in [4.69, 9.17) is 4.74 Å². The summed E-state index contributed by atoms with van der Waals surface area (Å²) >= 11 is 0.